The van der Waals surface area contributed by atoms with Gasteiger partial charge in [-0.05, 0) is 11.5 Å². The van der Waals surface area contributed by atoms with Gasteiger partial charge in [0.15, 0.2) is 0 Å². The first-order valence-corrected chi connectivity index (χ1v) is 5.35. The lowest BCUT2D eigenvalue weighted by molar-refractivity contribution is -0.133. The Morgan fingerprint density at radius 3 is 2.94 bits per heavy atom. The predicted molar refractivity (Wildman–Crippen MR) is 61.4 cm³/mol. The fourth-order valence-electron chi connectivity index (χ4n) is 0.943. The van der Waals surface area contributed by atoms with Crippen molar-refractivity contribution in [3.63, 3.8) is 0 Å². The van der Waals surface area contributed by atoms with E-state index in [-0.39, 0.29) is 5.75 Å². The lowest BCUT2D eigenvalue weighted by Gasteiger charge is -1.97. The Hall–Kier alpha value is -1.76. The fourth-order valence-corrected chi connectivity index (χ4v) is 1.42. The van der Waals surface area contributed by atoms with Crippen molar-refractivity contribution in [3.05, 3.63) is 38.0 Å². The number of thioether (sulfide) groups is 1. The van der Waals surface area contributed by atoms with Crippen molar-refractivity contribution in [3.8, 4) is 0 Å². The molecule has 1 aromatic rings. The third kappa shape index (κ3) is 3.43. The number of H-pyrrole nitrogens is 1. The smallest absolute Gasteiger partial charge is 0.328 e. The zero-order valence-corrected chi connectivity index (χ0v) is 9.28. The van der Waals surface area contributed by atoms with Gasteiger partial charge in [-0.3, -0.25) is 14.6 Å². The first-order chi connectivity index (χ1) is 7.50. The molecule has 86 valence electrons. The first-order valence-electron chi connectivity index (χ1n) is 4.30. The first kappa shape index (κ1) is 12.3. The molecule has 1 aromatic heterocycles. The summed E-state index contributed by atoms with van der Waals surface area (Å²) in [5.74, 6) is -0.996. The summed E-state index contributed by atoms with van der Waals surface area (Å²) in [7, 11) is 1.51. The molecule has 0 spiro atoms. The maximum atomic E-state index is 11.3. The highest BCUT2D eigenvalue weighted by molar-refractivity contribution is 8.02. The van der Waals surface area contributed by atoms with Crippen LogP contribution >= 0.6 is 11.8 Å². The highest BCUT2D eigenvalue weighted by Gasteiger charge is 1.98. The topological polar surface area (TPSA) is 92.2 Å². The third-order valence-corrected chi connectivity index (χ3v) is 2.43. The molecule has 0 aliphatic heterocycles. The molecule has 0 amide bonds. The molecule has 1 rings (SSSR count). The molecular formula is C9H10N2O4S. The van der Waals surface area contributed by atoms with Crippen molar-refractivity contribution < 1.29 is 9.90 Å². The molecule has 16 heavy (non-hydrogen) atoms. The predicted octanol–water partition coefficient (Wildman–Crippen LogP) is -0.138. The molecule has 0 aromatic carbocycles. The summed E-state index contributed by atoms with van der Waals surface area (Å²) < 4.78 is 1.24. The lowest BCUT2D eigenvalue weighted by Crippen LogP contribution is -2.28. The minimum Gasteiger partial charge on any atom is -0.481 e. The highest BCUT2D eigenvalue weighted by atomic mass is 32.2. The van der Waals surface area contributed by atoms with Gasteiger partial charge >= 0.3 is 11.7 Å². The van der Waals surface area contributed by atoms with Crippen molar-refractivity contribution >= 4 is 23.8 Å². The van der Waals surface area contributed by atoms with Crippen LogP contribution in [0.2, 0.25) is 0 Å². The van der Waals surface area contributed by atoms with Gasteiger partial charge in [0.05, 0.1) is 11.3 Å². The largest absolute Gasteiger partial charge is 0.481 e. The summed E-state index contributed by atoms with van der Waals surface area (Å²) in [5, 5.41) is 9.88. The standard InChI is InChI=1S/C9H10N2O4S/c1-11-4-6(8(14)10-9(11)15)2-3-16-5-7(12)13/h2-4H,5H2,1H3,(H,12,13)(H,10,14,15)/b3-2+. The minimum atomic E-state index is -0.927. The van der Waals surface area contributed by atoms with Crippen molar-refractivity contribution in [2.45, 2.75) is 0 Å². The van der Waals surface area contributed by atoms with Crippen LogP contribution in [0.3, 0.4) is 0 Å². The van der Waals surface area contributed by atoms with Gasteiger partial charge in [0, 0.05) is 13.2 Å². The average molecular weight is 242 g/mol. The minimum absolute atomic E-state index is 0.0693. The molecule has 0 radical (unpaired) electrons. The molecule has 0 saturated heterocycles. The second-order valence-corrected chi connectivity index (χ2v) is 3.86. The Balaban J connectivity index is 2.82. The summed E-state index contributed by atoms with van der Waals surface area (Å²) in [6.45, 7) is 0. The second-order valence-electron chi connectivity index (χ2n) is 2.96. The zero-order valence-electron chi connectivity index (χ0n) is 8.47. The summed E-state index contributed by atoms with van der Waals surface area (Å²) in [6, 6.07) is 0. The number of aliphatic carboxylic acids is 1. The molecule has 1 heterocycles. The maximum absolute atomic E-state index is 11.3. The van der Waals surface area contributed by atoms with Crippen LogP contribution in [0.5, 0.6) is 0 Å². The molecular weight excluding hydrogens is 232 g/mol. The number of aromatic amines is 1. The molecule has 0 fully saturated rings. The highest BCUT2D eigenvalue weighted by Crippen LogP contribution is 2.04. The van der Waals surface area contributed by atoms with Crippen LogP contribution in [0.25, 0.3) is 6.08 Å². The monoisotopic (exact) mass is 242 g/mol. The molecule has 0 saturated carbocycles. The van der Waals surface area contributed by atoms with E-state index in [1.807, 2.05) is 0 Å². The van der Waals surface area contributed by atoms with E-state index in [0.29, 0.717) is 5.56 Å². The summed E-state index contributed by atoms with van der Waals surface area (Å²) >= 11 is 1.05. The van der Waals surface area contributed by atoms with Crippen LogP contribution in [-0.2, 0) is 11.8 Å². The van der Waals surface area contributed by atoms with Gasteiger partial charge in [0.2, 0.25) is 0 Å². The van der Waals surface area contributed by atoms with Crippen LogP contribution in [0.1, 0.15) is 5.56 Å². The summed E-state index contributed by atoms with van der Waals surface area (Å²) in [6.07, 6.45) is 2.85. The maximum Gasteiger partial charge on any atom is 0.328 e. The van der Waals surface area contributed by atoms with E-state index in [1.54, 1.807) is 0 Å². The molecule has 7 heteroatoms. The van der Waals surface area contributed by atoms with Gasteiger partial charge in [-0.1, -0.05) is 0 Å². The number of carbonyl (C=O) groups is 1. The van der Waals surface area contributed by atoms with Gasteiger partial charge in [-0.25, -0.2) is 4.79 Å². The number of hydrogen-bond donors (Lipinski definition) is 2. The molecule has 0 bridgehead atoms. The van der Waals surface area contributed by atoms with Crippen molar-refractivity contribution in [1.82, 2.24) is 9.55 Å². The normalized spacial score (nSPS) is 10.8. The van der Waals surface area contributed by atoms with E-state index >= 15 is 0 Å². The van der Waals surface area contributed by atoms with E-state index in [2.05, 4.69) is 4.98 Å². The van der Waals surface area contributed by atoms with E-state index in [9.17, 15) is 14.4 Å². The van der Waals surface area contributed by atoms with Crippen LogP contribution in [0, 0.1) is 0 Å². The number of nitrogens with one attached hydrogen (secondary N) is 1. The number of aryl methyl sites for hydroxylation is 1. The quantitative estimate of drug-likeness (QED) is 0.766. The molecule has 0 unspecified atom stereocenters. The lowest BCUT2D eigenvalue weighted by atomic mass is 10.3. The molecule has 0 aliphatic carbocycles. The van der Waals surface area contributed by atoms with Gasteiger partial charge < -0.3 is 9.67 Å². The van der Waals surface area contributed by atoms with Crippen LogP contribution < -0.4 is 11.2 Å². The van der Waals surface area contributed by atoms with Gasteiger partial charge in [-0.2, -0.15) is 0 Å². The number of nitrogens with zero attached hydrogens (tertiary/aromatic N) is 1. The Morgan fingerprint density at radius 1 is 1.62 bits per heavy atom. The number of carboxylic acids is 1. The Bertz CT molecular complexity index is 529. The van der Waals surface area contributed by atoms with Crippen molar-refractivity contribution in [2.75, 3.05) is 5.75 Å². The summed E-state index contributed by atoms with van der Waals surface area (Å²) in [5.41, 5.74) is -0.671. The fraction of sp³-hybridized carbons (Fsp3) is 0.222. The third-order valence-electron chi connectivity index (χ3n) is 1.69. The number of carboxylic acid groups (broad SMARTS) is 1. The SMILES string of the molecule is Cn1cc(/C=C/SCC(=O)O)c(=O)[nH]c1=O. The van der Waals surface area contributed by atoms with Crippen LogP contribution in [0.15, 0.2) is 21.2 Å². The molecule has 0 atom stereocenters. The van der Waals surface area contributed by atoms with Crippen LogP contribution in [0.4, 0.5) is 0 Å². The number of rotatable bonds is 4. The Morgan fingerprint density at radius 2 is 2.31 bits per heavy atom. The van der Waals surface area contributed by atoms with Crippen molar-refractivity contribution in [2.24, 2.45) is 7.05 Å². The Kier molecular flexibility index (Phi) is 4.12. The Labute approximate surface area is 94.6 Å². The van der Waals surface area contributed by atoms with Gasteiger partial charge in [-0.15, -0.1) is 11.8 Å². The van der Waals surface area contributed by atoms with E-state index in [0.717, 1.165) is 11.8 Å². The van der Waals surface area contributed by atoms with Gasteiger partial charge in [0.1, 0.15) is 0 Å². The van der Waals surface area contributed by atoms with Crippen molar-refractivity contribution in [1.29, 1.82) is 0 Å². The second kappa shape index (κ2) is 5.36. The summed E-state index contributed by atoms with van der Waals surface area (Å²) in [4.78, 5) is 34.6. The number of hydrogen-bond acceptors (Lipinski definition) is 4. The number of aromatic nitrogens is 2. The molecule has 2 N–H and O–H groups in total. The zero-order chi connectivity index (χ0) is 12.1. The average Bonchev–Trinajstić information content (AvgIpc) is 2.19. The van der Waals surface area contributed by atoms with E-state index < -0.39 is 17.2 Å². The molecule has 0 aliphatic rings. The van der Waals surface area contributed by atoms with Gasteiger partial charge in [0.25, 0.3) is 5.56 Å². The van der Waals surface area contributed by atoms with E-state index in [1.165, 1.54) is 29.3 Å². The van der Waals surface area contributed by atoms with E-state index in [4.69, 9.17) is 5.11 Å². The van der Waals surface area contributed by atoms with Crippen LogP contribution in [-0.4, -0.2) is 26.4 Å². The molecule has 6 nitrogen and oxygen atoms in total.